The van der Waals surface area contributed by atoms with Crippen LogP contribution in [0.2, 0.25) is 5.02 Å². The number of carbonyl (C=O) groups is 2. The molecule has 0 aromatic heterocycles. The van der Waals surface area contributed by atoms with Crippen LogP contribution in [0.15, 0.2) is 108 Å². The first-order chi connectivity index (χ1) is 22.7. The summed E-state index contributed by atoms with van der Waals surface area (Å²) in [7, 11) is -3.13. The topological polar surface area (TPSA) is 96.0 Å². The van der Waals surface area contributed by atoms with Gasteiger partial charge in [-0.2, -0.15) is 13.2 Å². The molecular weight excluding hydrogens is 667 g/mol. The van der Waals surface area contributed by atoms with Crippen molar-refractivity contribution in [2.45, 2.75) is 50.0 Å². The molecule has 8 nitrogen and oxygen atoms in total. The highest BCUT2D eigenvalue weighted by atomic mass is 35.5. The molecule has 4 aromatic rings. The van der Waals surface area contributed by atoms with Crippen LogP contribution in [0.5, 0.6) is 5.75 Å². The maximum atomic E-state index is 14.5. The second kappa shape index (κ2) is 15.6. The minimum Gasteiger partial charge on any atom is -0.497 e. The highest BCUT2D eigenvalue weighted by molar-refractivity contribution is 7.92. The van der Waals surface area contributed by atoms with Crippen molar-refractivity contribution in [1.29, 1.82) is 0 Å². The molecule has 0 heterocycles. The van der Waals surface area contributed by atoms with Crippen LogP contribution in [0, 0.1) is 0 Å². The zero-order valence-corrected chi connectivity index (χ0v) is 28.0. The molecular formula is C35H35ClF3N3O5S. The number of hydrogen-bond donors (Lipinski definition) is 1. The predicted molar refractivity (Wildman–Crippen MR) is 178 cm³/mol. The van der Waals surface area contributed by atoms with Crippen molar-refractivity contribution in [3.8, 4) is 5.75 Å². The van der Waals surface area contributed by atoms with Gasteiger partial charge in [0.15, 0.2) is 0 Å². The lowest BCUT2D eigenvalue weighted by Crippen LogP contribution is -2.54. The molecule has 0 aliphatic carbocycles. The maximum Gasteiger partial charge on any atom is 0.417 e. The fourth-order valence-corrected chi connectivity index (χ4v) is 6.69. The Kier molecular flexibility index (Phi) is 11.8. The summed E-state index contributed by atoms with van der Waals surface area (Å²) in [6, 6.07) is 24.0. The fraction of sp³-hybridized carbons (Fsp3) is 0.257. The van der Waals surface area contributed by atoms with Crippen LogP contribution in [-0.2, 0) is 38.8 Å². The molecule has 0 saturated carbocycles. The first-order valence-corrected chi connectivity index (χ1v) is 16.7. The van der Waals surface area contributed by atoms with Gasteiger partial charge < -0.3 is 15.0 Å². The van der Waals surface area contributed by atoms with Crippen LogP contribution in [0.4, 0.5) is 18.9 Å². The average molecular weight is 702 g/mol. The summed E-state index contributed by atoms with van der Waals surface area (Å²) < 4.78 is 75.9. The zero-order valence-electron chi connectivity index (χ0n) is 26.4. The van der Waals surface area contributed by atoms with E-state index >= 15 is 0 Å². The van der Waals surface area contributed by atoms with E-state index in [1.807, 2.05) is 0 Å². The smallest absolute Gasteiger partial charge is 0.417 e. The Morgan fingerprint density at radius 1 is 0.875 bits per heavy atom. The van der Waals surface area contributed by atoms with Crippen molar-refractivity contribution in [1.82, 2.24) is 10.2 Å². The number of benzene rings is 4. The van der Waals surface area contributed by atoms with E-state index in [0.717, 1.165) is 17.7 Å². The minimum atomic E-state index is -4.91. The number of nitrogens with zero attached hydrogens (tertiary/aromatic N) is 2. The molecule has 0 saturated heterocycles. The number of rotatable bonds is 13. The molecule has 4 aromatic carbocycles. The third-order valence-electron chi connectivity index (χ3n) is 7.34. The van der Waals surface area contributed by atoms with E-state index < -0.39 is 56.9 Å². The summed E-state index contributed by atoms with van der Waals surface area (Å²) in [5.41, 5.74) is -0.405. The third-order valence-corrected chi connectivity index (χ3v) is 9.46. The SMILES string of the molecule is COc1cccc(CN(C(=O)CN(c2ccc(Cl)c(C(F)(F)F)c2)S(=O)(=O)c2ccccc2)[C@@H](Cc2ccccc2)C(=O)NC(C)C)c1. The lowest BCUT2D eigenvalue weighted by molar-refractivity contribution is -0.140. The molecule has 0 aliphatic heterocycles. The number of alkyl halides is 3. The van der Waals surface area contributed by atoms with E-state index in [0.29, 0.717) is 21.7 Å². The van der Waals surface area contributed by atoms with Gasteiger partial charge in [0.1, 0.15) is 18.3 Å². The minimum absolute atomic E-state index is 0.0692. The zero-order chi connectivity index (χ0) is 35.1. The summed E-state index contributed by atoms with van der Waals surface area (Å²) >= 11 is 5.87. The van der Waals surface area contributed by atoms with Crippen molar-refractivity contribution in [3.63, 3.8) is 0 Å². The Morgan fingerprint density at radius 3 is 2.10 bits per heavy atom. The van der Waals surface area contributed by atoms with Crippen molar-refractivity contribution in [2.75, 3.05) is 18.0 Å². The number of carbonyl (C=O) groups excluding carboxylic acids is 2. The van der Waals surface area contributed by atoms with Crippen molar-refractivity contribution < 1.29 is 35.9 Å². The fourth-order valence-electron chi connectivity index (χ4n) is 5.04. The number of ether oxygens (including phenoxy) is 1. The van der Waals surface area contributed by atoms with Gasteiger partial charge in [-0.1, -0.05) is 72.3 Å². The van der Waals surface area contributed by atoms with Gasteiger partial charge in [0, 0.05) is 19.0 Å². The molecule has 48 heavy (non-hydrogen) atoms. The molecule has 0 radical (unpaired) electrons. The molecule has 2 amide bonds. The number of halogens is 4. The highest BCUT2D eigenvalue weighted by Gasteiger charge is 2.37. The molecule has 254 valence electrons. The van der Waals surface area contributed by atoms with E-state index in [1.165, 1.54) is 36.3 Å². The van der Waals surface area contributed by atoms with Gasteiger partial charge in [0.25, 0.3) is 10.0 Å². The second-order valence-electron chi connectivity index (χ2n) is 11.2. The Hall–Kier alpha value is -4.55. The third kappa shape index (κ3) is 9.07. The van der Waals surface area contributed by atoms with Crippen LogP contribution < -0.4 is 14.4 Å². The molecule has 13 heteroatoms. The van der Waals surface area contributed by atoms with Crippen LogP contribution in [0.25, 0.3) is 0 Å². The maximum absolute atomic E-state index is 14.5. The van der Waals surface area contributed by atoms with Gasteiger partial charge in [0.2, 0.25) is 11.8 Å². The van der Waals surface area contributed by atoms with Crippen LogP contribution in [0.3, 0.4) is 0 Å². The van der Waals surface area contributed by atoms with Gasteiger partial charge in [-0.05, 0) is 67.4 Å². The molecule has 0 spiro atoms. The Balaban J connectivity index is 1.87. The predicted octanol–water partition coefficient (Wildman–Crippen LogP) is 6.73. The molecule has 0 aliphatic rings. The first-order valence-electron chi connectivity index (χ1n) is 14.9. The number of nitrogens with one attached hydrogen (secondary N) is 1. The Morgan fingerprint density at radius 2 is 1.50 bits per heavy atom. The number of hydrogen-bond acceptors (Lipinski definition) is 5. The summed E-state index contributed by atoms with van der Waals surface area (Å²) in [6.45, 7) is 2.45. The molecule has 0 fully saturated rings. The summed E-state index contributed by atoms with van der Waals surface area (Å²) in [5.74, 6) is -0.839. The quantitative estimate of drug-likeness (QED) is 0.167. The first kappa shape index (κ1) is 36.3. The van der Waals surface area contributed by atoms with Gasteiger partial charge >= 0.3 is 6.18 Å². The second-order valence-corrected chi connectivity index (χ2v) is 13.5. The standard InChI is InChI=1S/C35H35ClF3N3O5S/c1-24(2)40-34(44)32(20-25-11-6-4-7-12-25)41(22-26-13-10-14-28(19-26)47-3)33(43)23-42(48(45,46)29-15-8-5-9-16-29)27-17-18-31(36)30(21-27)35(37,38)39/h4-19,21,24,32H,20,22-23H2,1-3H3,(H,40,44)/t32-/m0/s1. The molecule has 1 N–H and O–H groups in total. The van der Waals surface area contributed by atoms with Crippen molar-refractivity contribution >= 4 is 39.1 Å². The van der Waals surface area contributed by atoms with Gasteiger partial charge in [0.05, 0.1) is 28.3 Å². The number of anilines is 1. The van der Waals surface area contributed by atoms with E-state index in [4.69, 9.17) is 16.3 Å². The van der Waals surface area contributed by atoms with Crippen LogP contribution >= 0.6 is 11.6 Å². The average Bonchev–Trinajstić information content (AvgIpc) is 3.05. The summed E-state index contributed by atoms with van der Waals surface area (Å²) in [6.07, 6.45) is -4.84. The van der Waals surface area contributed by atoms with Crippen LogP contribution in [0.1, 0.15) is 30.5 Å². The molecule has 0 bridgehead atoms. The lowest BCUT2D eigenvalue weighted by atomic mass is 10.0. The lowest BCUT2D eigenvalue weighted by Gasteiger charge is -2.34. The van der Waals surface area contributed by atoms with E-state index in [9.17, 15) is 31.2 Å². The van der Waals surface area contributed by atoms with E-state index in [-0.39, 0.29) is 23.9 Å². The number of sulfonamides is 1. The van der Waals surface area contributed by atoms with E-state index in [1.54, 1.807) is 74.5 Å². The van der Waals surface area contributed by atoms with Crippen LogP contribution in [-0.4, -0.2) is 50.9 Å². The Labute approximate surface area is 283 Å². The van der Waals surface area contributed by atoms with Gasteiger partial charge in [-0.25, -0.2) is 8.42 Å². The largest absolute Gasteiger partial charge is 0.497 e. The summed E-state index contributed by atoms with van der Waals surface area (Å²) in [5, 5.41) is 2.21. The number of methoxy groups -OCH3 is 1. The normalized spacial score (nSPS) is 12.3. The Bertz CT molecular complexity index is 1820. The molecule has 4 rings (SSSR count). The van der Waals surface area contributed by atoms with E-state index in [2.05, 4.69) is 5.32 Å². The highest BCUT2D eigenvalue weighted by Crippen LogP contribution is 2.38. The van der Waals surface area contributed by atoms with Crippen molar-refractivity contribution in [2.24, 2.45) is 0 Å². The molecule has 0 unspecified atom stereocenters. The monoisotopic (exact) mass is 701 g/mol. The molecule has 1 atom stereocenters. The van der Waals surface area contributed by atoms with Gasteiger partial charge in [-0.15, -0.1) is 0 Å². The van der Waals surface area contributed by atoms with Crippen molar-refractivity contribution in [3.05, 3.63) is 125 Å². The number of amides is 2. The van der Waals surface area contributed by atoms with Gasteiger partial charge in [-0.3, -0.25) is 13.9 Å². The summed E-state index contributed by atoms with van der Waals surface area (Å²) in [4.78, 5) is 29.3.